The largest absolute Gasteiger partial charge is 0.507 e. The van der Waals surface area contributed by atoms with E-state index in [0.717, 1.165) is 0 Å². The van der Waals surface area contributed by atoms with Gasteiger partial charge < -0.3 is 9.63 Å². The number of hydrogen-bond donors (Lipinski definition) is 1. The first-order chi connectivity index (χ1) is 10.1. The first-order valence-corrected chi connectivity index (χ1v) is 6.52. The minimum absolute atomic E-state index is 0.0447. The van der Waals surface area contributed by atoms with Crippen LogP contribution >= 0.6 is 11.6 Å². The summed E-state index contributed by atoms with van der Waals surface area (Å²) < 4.78 is 4.90. The van der Waals surface area contributed by atoms with Crippen molar-refractivity contribution in [2.45, 2.75) is 0 Å². The van der Waals surface area contributed by atoms with Crippen molar-refractivity contribution in [2.24, 2.45) is 4.99 Å². The van der Waals surface area contributed by atoms with Crippen LogP contribution < -0.4 is 0 Å². The zero-order valence-electron chi connectivity index (χ0n) is 10.5. The highest BCUT2D eigenvalue weighted by atomic mass is 35.5. The molecule has 1 aliphatic heterocycles. The van der Waals surface area contributed by atoms with E-state index >= 15 is 0 Å². The van der Waals surface area contributed by atoms with Crippen LogP contribution in [0.4, 0.5) is 5.69 Å². The summed E-state index contributed by atoms with van der Waals surface area (Å²) in [6.45, 7) is 0. The topological polar surface area (TPSA) is 75.7 Å². The third kappa shape index (κ3) is 1.68. The third-order valence-electron chi connectivity index (χ3n) is 3.41. The summed E-state index contributed by atoms with van der Waals surface area (Å²) in [4.78, 5) is 16.8. The lowest BCUT2D eigenvalue weighted by molar-refractivity contribution is 0.107. The van der Waals surface area contributed by atoms with Crippen LogP contribution in [-0.4, -0.2) is 21.8 Å². The molecule has 0 bridgehead atoms. The number of Topliss-reactive ketones (excluding diaryl/α,β-unsaturated/α-hetero) is 1. The molecular weight excluding hydrogens is 292 g/mol. The maximum atomic E-state index is 12.5. The number of phenolic OH excluding ortho intramolecular Hbond substituents is 1. The Kier molecular flexibility index (Phi) is 2.40. The molecule has 0 amide bonds. The highest BCUT2D eigenvalue weighted by molar-refractivity contribution is 6.57. The van der Waals surface area contributed by atoms with Crippen molar-refractivity contribution in [3.8, 4) is 5.75 Å². The Balaban J connectivity index is 1.97. The number of phenols is 1. The van der Waals surface area contributed by atoms with E-state index in [9.17, 15) is 9.90 Å². The van der Waals surface area contributed by atoms with Crippen molar-refractivity contribution in [3.05, 3.63) is 52.7 Å². The summed E-state index contributed by atoms with van der Waals surface area (Å²) in [5.74, 6) is -0.326. The molecule has 21 heavy (non-hydrogen) atoms. The van der Waals surface area contributed by atoms with Gasteiger partial charge >= 0.3 is 0 Å². The normalized spacial score (nSPS) is 13.6. The number of carbonyl (C=O) groups is 1. The van der Waals surface area contributed by atoms with Crippen LogP contribution in [0.5, 0.6) is 5.75 Å². The van der Waals surface area contributed by atoms with E-state index in [-0.39, 0.29) is 17.2 Å². The summed E-state index contributed by atoms with van der Waals surface area (Å²) in [5, 5.41) is 14.9. The predicted molar refractivity (Wildman–Crippen MR) is 77.7 cm³/mol. The van der Waals surface area contributed by atoms with Gasteiger partial charge in [0.1, 0.15) is 23.2 Å². The first kappa shape index (κ1) is 12.1. The molecule has 0 saturated carbocycles. The Hall–Kier alpha value is -2.66. The van der Waals surface area contributed by atoms with Crippen molar-refractivity contribution >= 4 is 39.7 Å². The molecule has 0 atom stereocenters. The molecule has 3 aromatic rings. The molecule has 102 valence electrons. The molecule has 0 aliphatic carbocycles. The van der Waals surface area contributed by atoms with Crippen LogP contribution in [-0.2, 0) is 0 Å². The average Bonchev–Trinajstić information content (AvgIpc) is 3.05. The van der Waals surface area contributed by atoms with Crippen LogP contribution in [0.3, 0.4) is 0 Å². The number of hydrogen-bond acceptors (Lipinski definition) is 5. The van der Waals surface area contributed by atoms with Gasteiger partial charge in [0.15, 0.2) is 0 Å². The summed E-state index contributed by atoms with van der Waals surface area (Å²) in [7, 11) is 0. The van der Waals surface area contributed by atoms with Gasteiger partial charge in [-0.3, -0.25) is 4.79 Å². The van der Waals surface area contributed by atoms with Crippen molar-refractivity contribution in [1.82, 2.24) is 5.16 Å². The molecule has 6 heteroatoms. The fourth-order valence-corrected chi connectivity index (χ4v) is 2.61. The minimum atomic E-state index is -0.281. The molecule has 0 unspecified atom stereocenters. The van der Waals surface area contributed by atoms with E-state index in [1.54, 1.807) is 24.3 Å². The molecule has 2 aromatic carbocycles. The lowest BCUT2D eigenvalue weighted by atomic mass is 9.99. The zero-order valence-corrected chi connectivity index (χ0v) is 11.3. The van der Waals surface area contributed by atoms with Crippen LogP contribution in [0, 0.1) is 0 Å². The second kappa shape index (κ2) is 4.17. The van der Waals surface area contributed by atoms with E-state index in [1.807, 2.05) is 0 Å². The molecule has 0 radical (unpaired) electrons. The minimum Gasteiger partial charge on any atom is -0.507 e. The maximum Gasteiger partial charge on any atom is 0.214 e. The van der Waals surface area contributed by atoms with Crippen LogP contribution in [0.1, 0.15) is 15.9 Å². The van der Waals surface area contributed by atoms with Gasteiger partial charge in [-0.05, 0) is 30.3 Å². The van der Waals surface area contributed by atoms with Gasteiger partial charge in [0.05, 0.1) is 22.2 Å². The molecule has 4 rings (SSSR count). The Bertz CT molecular complexity index is 943. The summed E-state index contributed by atoms with van der Waals surface area (Å²) in [5.41, 5.74) is 1.99. The Morgan fingerprint density at radius 1 is 1.19 bits per heavy atom. The molecule has 1 aromatic heterocycles. The predicted octanol–water partition coefficient (Wildman–Crippen LogP) is 3.50. The summed E-state index contributed by atoms with van der Waals surface area (Å²) in [6.07, 6.45) is 1.39. The van der Waals surface area contributed by atoms with E-state index in [2.05, 4.69) is 10.1 Å². The highest BCUT2D eigenvalue weighted by Gasteiger charge is 2.29. The molecule has 1 aliphatic rings. The molecular formula is C15H7ClN2O3. The first-order valence-electron chi connectivity index (χ1n) is 6.14. The zero-order chi connectivity index (χ0) is 14.6. The average molecular weight is 299 g/mol. The Labute approximate surface area is 123 Å². The van der Waals surface area contributed by atoms with Gasteiger partial charge in [-0.15, -0.1) is 0 Å². The van der Waals surface area contributed by atoms with Gasteiger partial charge in [0, 0.05) is 5.02 Å². The summed E-state index contributed by atoms with van der Waals surface area (Å²) >= 11 is 5.91. The fraction of sp³-hybridized carbons (Fsp3) is 0. The number of carbonyl (C=O) groups excluding carboxylic acids is 1. The molecule has 0 fully saturated rings. The van der Waals surface area contributed by atoms with E-state index in [0.29, 0.717) is 32.7 Å². The molecule has 5 nitrogen and oxygen atoms in total. The number of aromatic hydroxyl groups is 1. The second-order valence-electron chi connectivity index (χ2n) is 4.66. The lowest BCUT2D eigenvalue weighted by Crippen LogP contribution is -2.11. The maximum absolute atomic E-state index is 12.5. The van der Waals surface area contributed by atoms with Crippen molar-refractivity contribution in [2.75, 3.05) is 0 Å². The van der Waals surface area contributed by atoms with Gasteiger partial charge in [0.2, 0.25) is 5.78 Å². The van der Waals surface area contributed by atoms with Crippen molar-refractivity contribution in [3.63, 3.8) is 0 Å². The van der Waals surface area contributed by atoms with E-state index < -0.39 is 0 Å². The number of rotatable bonds is 1. The van der Waals surface area contributed by atoms with Crippen LogP contribution in [0.2, 0.25) is 5.02 Å². The molecule has 0 saturated heterocycles. The third-order valence-corrected chi connectivity index (χ3v) is 3.64. The SMILES string of the molecule is O=C1C(c2c(O)ccc3nocc23)=Nc2ccc(Cl)cc21. The number of nitrogens with zero attached hydrogens (tertiary/aromatic N) is 2. The number of ketones is 1. The number of fused-ring (bicyclic) bond motifs is 2. The Morgan fingerprint density at radius 3 is 2.90 bits per heavy atom. The summed E-state index contributed by atoms with van der Waals surface area (Å²) in [6, 6.07) is 7.99. The van der Waals surface area contributed by atoms with Gasteiger partial charge in [-0.1, -0.05) is 16.8 Å². The number of aromatic nitrogens is 1. The monoisotopic (exact) mass is 298 g/mol. The van der Waals surface area contributed by atoms with Crippen molar-refractivity contribution in [1.29, 1.82) is 0 Å². The molecule has 0 spiro atoms. The van der Waals surface area contributed by atoms with Crippen LogP contribution in [0.15, 0.2) is 46.1 Å². The van der Waals surface area contributed by atoms with E-state index in [4.69, 9.17) is 16.1 Å². The van der Waals surface area contributed by atoms with Gasteiger partial charge in [-0.25, -0.2) is 4.99 Å². The van der Waals surface area contributed by atoms with Crippen LogP contribution in [0.25, 0.3) is 10.9 Å². The Morgan fingerprint density at radius 2 is 2.05 bits per heavy atom. The van der Waals surface area contributed by atoms with E-state index in [1.165, 1.54) is 12.3 Å². The number of benzene rings is 2. The highest BCUT2D eigenvalue weighted by Crippen LogP contribution is 2.35. The van der Waals surface area contributed by atoms with Gasteiger partial charge in [-0.2, -0.15) is 0 Å². The fourth-order valence-electron chi connectivity index (χ4n) is 2.44. The smallest absolute Gasteiger partial charge is 0.214 e. The van der Waals surface area contributed by atoms with Gasteiger partial charge in [0.25, 0.3) is 0 Å². The molecule has 1 N–H and O–H groups in total. The quantitative estimate of drug-likeness (QED) is 0.746. The molecule has 2 heterocycles. The lowest BCUT2D eigenvalue weighted by Gasteiger charge is -2.03. The second-order valence-corrected chi connectivity index (χ2v) is 5.09. The number of aliphatic imine (C=N–C) groups is 1. The van der Waals surface area contributed by atoms with Crippen molar-refractivity contribution < 1.29 is 14.4 Å². The standard InChI is InChI=1S/C15H7ClN2O3/c16-7-1-2-10-8(5-7)15(20)14(17-10)13-9-6-21-18-11(9)3-4-12(13)19/h1-6,19H. The number of halogens is 1.